The summed E-state index contributed by atoms with van der Waals surface area (Å²) in [5.41, 5.74) is 4.03. The fourth-order valence-corrected chi connectivity index (χ4v) is 4.51. The lowest BCUT2D eigenvalue weighted by Crippen LogP contribution is -2.27. The van der Waals surface area contributed by atoms with E-state index in [0.717, 1.165) is 39.3 Å². The predicted octanol–water partition coefficient (Wildman–Crippen LogP) is 5.24. The van der Waals surface area contributed by atoms with Gasteiger partial charge in [0, 0.05) is 28.7 Å². The van der Waals surface area contributed by atoms with Crippen molar-refractivity contribution in [3.63, 3.8) is 0 Å². The maximum atomic E-state index is 12.9. The van der Waals surface area contributed by atoms with Crippen LogP contribution in [-0.4, -0.2) is 25.5 Å². The molecule has 4 rings (SSSR count). The van der Waals surface area contributed by atoms with E-state index in [9.17, 15) is 19.7 Å². The van der Waals surface area contributed by atoms with Gasteiger partial charge in [-0.3, -0.25) is 24.6 Å². The van der Waals surface area contributed by atoms with Gasteiger partial charge in [-0.15, -0.1) is 0 Å². The first-order chi connectivity index (χ1) is 14.9. The molecule has 0 saturated carbocycles. The number of carbonyl (C=O) groups is 2. The largest absolute Gasteiger partial charge is 0.318 e. The number of nitro groups is 1. The Morgan fingerprint density at radius 1 is 1.03 bits per heavy atom. The molecule has 1 aliphatic rings. The van der Waals surface area contributed by atoms with Crippen LogP contribution >= 0.6 is 11.8 Å². The van der Waals surface area contributed by atoms with Crippen LogP contribution in [-0.2, 0) is 11.3 Å². The summed E-state index contributed by atoms with van der Waals surface area (Å²) in [5.74, 6) is -0.447. The monoisotopic (exact) mass is 433 g/mol. The topological polar surface area (TPSA) is 85.5 Å². The number of aryl methyl sites for hydroxylation is 1. The zero-order valence-electron chi connectivity index (χ0n) is 16.9. The first kappa shape index (κ1) is 20.6. The van der Waals surface area contributed by atoms with E-state index in [1.807, 2.05) is 50.2 Å². The van der Waals surface area contributed by atoms with Gasteiger partial charge in [0.1, 0.15) is 0 Å². The molecule has 0 radical (unpaired) electrons. The van der Waals surface area contributed by atoms with Crippen molar-refractivity contribution in [1.82, 2.24) is 9.47 Å². The van der Waals surface area contributed by atoms with Crippen LogP contribution in [0, 0.1) is 24.0 Å². The molecule has 0 atom stereocenters. The molecule has 156 valence electrons. The standard InChI is InChI=1S/C23H19N3O4S/c1-15-12-18(16(2)25(15)19-9-4-3-5-10-19)13-21-22(27)24(23(28)31-21)14-17-8-6-7-11-20(17)26(29)30/h3-13H,14H2,1-2H3/b21-13+. The van der Waals surface area contributed by atoms with E-state index in [4.69, 9.17) is 0 Å². The molecule has 31 heavy (non-hydrogen) atoms. The number of rotatable bonds is 5. The number of benzene rings is 2. The van der Waals surface area contributed by atoms with Crippen molar-refractivity contribution in [2.75, 3.05) is 0 Å². The Kier molecular flexibility index (Phi) is 5.48. The van der Waals surface area contributed by atoms with Crippen molar-refractivity contribution in [3.05, 3.63) is 98.2 Å². The van der Waals surface area contributed by atoms with E-state index in [0.29, 0.717) is 10.5 Å². The Bertz CT molecular complexity index is 1230. The highest BCUT2D eigenvalue weighted by Crippen LogP contribution is 2.35. The number of nitrogens with zero attached hydrogens (tertiary/aromatic N) is 3. The number of hydrogen-bond acceptors (Lipinski definition) is 5. The maximum Gasteiger partial charge on any atom is 0.293 e. The van der Waals surface area contributed by atoms with Gasteiger partial charge in [0.2, 0.25) is 0 Å². The average Bonchev–Trinajstić information content (AvgIpc) is 3.18. The van der Waals surface area contributed by atoms with Crippen molar-refractivity contribution in [2.24, 2.45) is 0 Å². The summed E-state index contributed by atoms with van der Waals surface area (Å²) in [4.78, 5) is 37.5. The number of amides is 2. The molecule has 0 unspecified atom stereocenters. The Morgan fingerprint density at radius 2 is 1.71 bits per heavy atom. The first-order valence-electron chi connectivity index (χ1n) is 9.59. The summed E-state index contributed by atoms with van der Waals surface area (Å²) in [5, 5.41) is 10.8. The van der Waals surface area contributed by atoms with Gasteiger partial charge in [0.05, 0.1) is 16.4 Å². The molecule has 3 aromatic rings. The number of imide groups is 1. The zero-order chi connectivity index (χ0) is 22.1. The average molecular weight is 433 g/mol. The molecule has 7 nitrogen and oxygen atoms in total. The summed E-state index contributed by atoms with van der Waals surface area (Å²) in [7, 11) is 0. The smallest absolute Gasteiger partial charge is 0.293 e. The van der Waals surface area contributed by atoms with Gasteiger partial charge in [-0.2, -0.15) is 0 Å². The van der Waals surface area contributed by atoms with Gasteiger partial charge in [-0.05, 0) is 55.4 Å². The minimum Gasteiger partial charge on any atom is -0.318 e. The Labute approximate surface area is 183 Å². The quantitative estimate of drug-likeness (QED) is 0.312. The summed E-state index contributed by atoms with van der Waals surface area (Å²) >= 11 is 0.849. The van der Waals surface area contributed by atoms with E-state index >= 15 is 0 Å². The minimum atomic E-state index is -0.511. The van der Waals surface area contributed by atoms with Gasteiger partial charge in [0.25, 0.3) is 16.8 Å². The van der Waals surface area contributed by atoms with Crippen LogP contribution in [0.15, 0.2) is 65.6 Å². The maximum absolute atomic E-state index is 12.9. The second-order valence-corrected chi connectivity index (χ2v) is 8.14. The van der Waals surface area contributed by atoms with Gasteiger partial charge in [-0.25, -0.2) is 0 Å². The van der Waals surface area contributed by atoms with Crippen LogP contribution in [0.2, 0.25) is 0 Å². The highest BCUT2D eigenvalue weighted by atomic mass is 32.2. The van der Waals surface area contributed by atoms with Crippen molar-refractivity contribution < 1.29 is 14.5 Å². The van der Waals surface area contributed by atoms with E-state index in [1.54, 1.807) is 24.3 Å². The minimum absolute atomic E-state index is 0.114. The number of aromatic nitrogens is 1. The number of carbonyl (C=O) groups excluding carboxylic acids is 2. The van der Waals surface area contributed by atoms with Gasteiger partial charge in [-0.1, -0.05) is 36.4 Å². The van der Waals surface area contributed by atoms with E-state index in [2.05, 4.69) is 4.57 Å². The van der Waals surface area contributed by atoms with Gasteiger partial charge >= 0.3 is 0 Å². The van der Waals surface area contributed by atoms with Crippen LogP contribution in [0.4, 0.5) is 10.5 Å². The Morgan fingerprint density at radius 3 is 2.42 bits per heavy atom. The highest BCUT2D eigenvalue weighted by molar-refractivity contribution is 8.18. The molecule has 1 aliphatic heterocycles. The fourth-order valence-electron chi connectivity index (χ4n) is 3.68. The predicted molar refractivity (Wildman–Crippen MR) is 120 cm³/mol. The van der Waals surface area contributed by atoms with Crippen molar-refractivity contribution in [2.45, 2.75) is 20.4 Å². The molecule has 0 bridgehead atoms. The summed E-state index contributed by atoms with van der Waals surface area (Å²) < 4.78 is 2.09. The van der Waals surface area contributed by atoms with Gasteiger partial charge in [0.15, 0.2) is 0 Å². The zero-order valence-corrected chi connectivity index (χ0v) is 17.8. The van der Waals surface area contributed by atoms with Crippen LogP contribution in [0.3, 0.4) is 0 Å². The lowest BCUT2D eigenvalue weighted by molar-refractivity contribution is -0.385. The third-order valence-electron chi connectivity index (χ3n) is 5.16. The molecule has 0 spiro atoms. The highest BCUT2D eigenvalue weighted by Gasteiger charge is 2.36. The molecule has 1 fully saturated rings. The number of hydrogen-bond donors (Lipinski definition) is 0. The van der Waals surface area contributed by atoms with Crippen LogP contribution < -0.4 is 0 Å². The van der Waals surface area contributed by atoms with E-state index in [1.165, 1.54) is 6.07 Å². The second-order valence-electron chi connectivity index (χ2n) is 7.15. The summed E-state index contributed by atoms with van der Waals surface area (Å²) in [6.45, 7) is 3.81. The molecule has 1 saturated heterocycles. The van der Waals surface area contributed by atoms with E-state index < -0.39 is 16.1 Å². The third kappa shape index (κ3) is 3.89. The van der Waals surface area contributed by atoms with Crippen molar-refractivity contribution in [3.8, 4) is 5.69 Å². The Balaban J connectivity index is 1.64. The lowest BCUT2D eigenvalue weighted by atomic mass is 10.1. The molecule has 1 aromatic heterocycles. The van der Waals surface area contributed by atoms with E-state index in [-0.39, 0.29) is 12.2 Å². The molecule has 2 amide bonds. The second kappa shape index (κ2) is 8.23. The van der Waals surface area contributed by atoms with Crippen molar-refractivity contribution in [1.29, 1.82) is 0 Å². The van der Waals surface area contributed by atoms with Crippen LogP contribution in [0.1, 0.15) is 22.5 Å². The Hall–Kier alpha value is -3.65. The number of nitro benzene ring substituents is 1. The number of para-hydroxylation sites is 2. The normalized spacial score (nSPS) is 15.2. The van der Waals surface area contributed by atoms with Crippen LogP contribution in [0.5, 0.6) is 0 Å². The lowest BCUT2D eigenvalue weighted by Gasteiger charge is -2.12. The summed E-state index contributed by atoms with van der Waals surface area (Å²) in [6.07, 6.45) is 1.71. The molecular formula is C23H19N3O4S. The van der Waals surface area contributed by atoms with Crippen molar-refractivity contribution >= 4 is 34.7 Å². The van der Waals surface area contributed by atoms with Gasteiger partial charge < -0.3 is 4.57 Å². The molecule has 2 aromatic carbocycles. The van der Waals surface area contributed by atoms with Crippen LogP contribution in [0.25, 0.3) is 11.8 Å². The molecule has 8 heteroatoms. The molecular weight excluding hydrogens is 414 g/mol. The molecule has 0 aliphatic carbocycles. The fraction of sp³-hybridized carbons (Fsp3) is 0.130. The molecule has 0 N–H and O–H groups in total. The SMILES string of the molecule is Cc1cc(/C=C2/SC(=O)N(Cc3ccccc3[N+](=O)[O-])C2=O)c(C)n1-c1ccccc1. The third-order valence-corrected chi connectivity index (χ3v) is 6.07. The molecule has 2 heterocycles. The number of thioether (sulfide) groups is 1. The summed E-state index contributed by atoms with van der Waals surface area (Å²) in [6, 6.07) is 18.0. The first-order valence-corrected chi connectivity index (χ1v) is 10.4.